The van der Waals surface area contributed by atoms with Crippen molar-refractivity contribution in [2.45, 2.75) is 6.61 Å². The van der Waals surface area contributed by atoms with Gasteiger partial charge in [-0.3, -0.25) is 0 Å². The van der Waals surface area contributed by atoms with Gasteiger partial charge in [0.05, 0.1) is 6.21 Å². The lowest BCUT2D eigenvalue weighted by Gasteiger charge is -1.99. The van der Waals surface area contributed by atoms with Crippen molar-refractivity contribution in [1.29, 1.82) is 0 Å². The Balaban J connectivity index is 1.87. The molecule has 0 bridgehead atoms. The van der Waals surface area contributed by atoms with Gasteiger partial charge >= 0.3 is 0 Å². The average molecular weight is 264 g/mol. The maximum atomic E-state index is 12.7. The molecule has 0 aromatic heterocycles. The molecule has 0 aliphatic carbocycles. The molecule has 0 spiro atoms. The van der Waals surface area contributed by atoms with Gasteiger partial charge in [-0.25, -0.2) is 4.39 Å². The maximum Gasteiger partial charge on any atom is 0.142 e. The van der Waals surface area contributed by atoms with E-state index in [4.69, 9.17) is 16.4 Å². The van der Waals surface area contributed by atoms with Gasteiger partial charge in [0, 0.05) is 5.02 Å². The fourth-order valence-electron chi connectivity index (χ4n) is 1.38. The lowest BCUT2D eigenvalue weighted by molar-refractivity contribution is 0.132. The quantitative estimate of drug-likeness (QED) is 0.603. The highest BCUT2D eigenvalue weighted by molar-refractivity contribution is 6.30. The van der Waals surface area contributed by atoms with E-state index in [2.05, 4.69) is 5.16 Å². The van der Waals surface area contributed by atoms with E-state index in [9.17, 15) is 4.39 Å². The van der Waals surface area contributed by atoms with Gasteiger partial charge in [-0.2, -0.15) is 0 Å². The van der Waals surface area contributed by atoms with E-state index in [1.165, 1.54) is 12.1 Å². The minimum Gasteiger partial charge on any atom is -0.391 e. The van der Waals surface area contributed by atoms with Crippen molar-refractivity contribution in [2.24, 2.45) is 5.16 Å². The van der Waals surface area contributed by atoms with Gasteiger partial charge in [0.15, 0.2) is 0 Å². The number of oxime groups is 1. The summed E-state index contributed by atoms with van der Waals surface area (Å²) in [7, 11) is 0. The van der Waals surface area contributed by atoms with Crippen LogP contribution in [0, 0.1) is 5.82 Å². The van der Waals surface area contributed by atoms with Crippen molar-refractivity contribution in [2.75, 3.05) is 0 Å². The van der Waals surface area contributed by atoms with Gasteiger partial charge in [-0.15, -0.1) is 0 Å². The first-order valence-corrected chi connectivity index (χ1v) is 5.77. The van der Waals surface area contributed by atoms with Gasteiger partial charge in [0.25, 0.3) is 0 Å². The Labute approximate surface area is 110 Å². The molecule has 0 saturated heterocycles. The Kier molecular flexibility index (Phi) is 4.31. The third kappa shape index (κ3) is 3.86. The molecule has 0 aliphatic rings. The predicted octanol–water partition coefficient (Wildman–Crippen LogP) is 4.03. The normalized spacial score (nSPS) is 10.8. The van der Waals surface area contributed by atoms with Crippen molar-refractivity contribution in [3.63, 3.8) is 0 Å². The van der Waals surface area contributed by atoms with Crippen LogP contribution in [0.2, 0.25) is 5.02 Å². The second kappa shape index (κ2) is 6.17. The van der Waals surface area contributed by atoms with Crippen LogP contribution in [-0.4, -0.2) is 6.21 Å². The summed E-state index contributed by atoms with van der Waals surface area (Å²) < 4.78 is 12.7. The molecule has 18 heavy (non-hydrogen) atoms. The third-order valence-electron chi connectivity index (χ3n) is 2.27. The smallest absolute Gasteiger partial charge is 0.142 e. The SMILES string of the molecule is Fc1ccc(CON=Cc2cccc(Cl)c2)cc1. The highest BCUT2D eigenvalue weighted by Gasteiger charge is 1.94. The standard InChI is InChI=1S/C14H11ClFNO/c15-13-3-1-2-12(8-13)9-17-18-10-11-4-6-14(16)7-5-11/h1-9H,10H2. The summed E-state index contributed by atoms with van der Waals surface area (Å²) in [5.41, 5.74) is 1.72. The summed E-state index contributed by atoms with van der Waals surface area (Å²) in [6, 6.07) is 13.4. The van der Waals surface area contributed by atoms with E-state index in [1.807, 2.05) is 12.1 Å². The maximum absolute atomic E-state index is 12.7. The molecule has 0 radical (unpaired) electrons. The zero-order chi connectivity index (χ0) is 12.8. The van der Waals surface area contributed by atoms with Crippen LogP contribution in [0.3, 0.4) is 0 Å². The van der Waals surface area contributed by atoms with Gasteiger partial charge in [-0.1, -0.05) is 41.0 Å². The summed E-state index contributed by atoms with van der Waals surface area (Å²) >= 11 is 5.83. The first-order valence-electron chi connectivity index (χ1n) is 5.39. The first kappa shape index (κ1) is 12.6. The van der Waals surface area contributed by atoms with E-state index in [1.54, 1.807) is 30.5 Å². The number of hydrogen-bond acceptors (Lipinski definition) is 2. The van der Waals surface area contributed by atoms with Crippen LogP contribution < -0.4 is 0 Å². The highest BCUT2D eigenvalue weighted by atomic mass is 35.5. The van der Waals surface area contributed by atoms with E-state index in [0.717, 1.165) is 11.1 Å². The summed E-state index contributed by atoms with van der Waals surface area (Å²) in [5.74, 6) is -0.263. The van der Waals surface area contributed by atoms with Gasteiger partial charge in [-0.05, 0) is 35.4 Å². The number of hydrogen-bond donors (Lipinski definition) is 0. The molecule has 0 unspecified atom stereocenters. The lowest BCUT2D eigenvalue weighted by atomic mass is 10.2. The zero-order valence-electron chi connectivity index (χ0n) is 9.51. The molecule has 0 atom stereocenters. The van der Waals surface area contributed by atoms with Crippen LogP contribution in [-0.2, 0) is 11.4 Å². The molecule has 0 aliphatic heterocycles. The van der Waals surface area contributed by atoms with Crippen molar-refractivity contribution >= 4 is 17.8 Å². The molecular formula is C14H11ClFNO. The van der Waals surface area contributed by atoms with Crippen LogP contribution in [0.1, 0.15) is 11.1 Å². The molecule has 0 N–H and O–H groups in total. The molecule has 2 rings (SSSR count). The summed E-state index contributed by atoms with van der Waals surface area (Å²) in [6.07, 6.45) is 1.58. The molecule has 2 aromatic rings. The number of benzene rings is 2. The second-order valence-corrected chi connectivity index (χ2v) is 4.13. The fraction of sp³-hybridized carbons (Fsp3) is 0.0714. The lowest BCUT2D eigenvalue weighted by Crippen LogP contribution is -1.88. The fourth-order valence-corrected chi connectivity index (χ4v) is 1.58. The third-order valence-corrected chi connectivity index (χ3v) is 2.50. The molecule has 4 heteroatoms. The summed E-state index contributed by atoms with van der Waals surface area (Å²) in [5, 5.41) is 4.47. The van der Waals surface area contributed by atoms with Crippen LogP contribution in [0.15, 0.2) is 53.7 Å². The molecule has 2 nitrogen and oxygen atoms in total. The average Bonchev–Trinajstić information content (AvgIpc) is 2.37. The largest absolute Gasteiger partial charge is 0.391 e. The minimum atomic E-state index is -0.263. The van der Waals surface area contributed by atoms with Crippen molar-refractivity contribution in [3.05, 3.63) is 70.5 Å². The number of halogens is 2. The van der Waals surface area contributed by atoms with E-state index < -0.39 is 0 Å². The molecule has 0 fully saturated rings. The zero-order valence-corrected chi connectivity index (χ0v) is 10.3. The first-order chi connectivity index (χ1) is 8.74. The molecule has 92 valence electrons. The van der Waals surface area contributed by atoms with Crippen molar-refractivity contribution < 1.29 is 9.23 Å². The van der Waals surface area contributed by atoms with Crippen molar-refractivity contribution in [1.82, 2.24) is 0 Å². The molecule has 0 saturated carbocycles. The Morgan fingerprint density at radius 3 is 2.67 bits per heavy atom. The Morgan fingerprint density at radius 1 is 1.17 bits per heavy atom. The minimum absolute atomic E-state index is 0.263. The van der Waals surface area contributed by atoms with Crippen LogP contribution >= 0.6 is 11.6 Å². The summed E-state index contributed by atoms with van der Waals surface area (Å²) in [6.45, 7) is 0.303. The Morgan fingerprint density at radius 2 is 1.94 bits per heavy atom. The van der Waals surface area contributed by atoms with E-state index >= 15 is 0 Å². The Bertz CT molecular complexity index is 540. The molecule has 2 aromatic carbocycles. The van der Waals surface area contributed by atoms with E-state index in [-0.39, 0.29) is 5.82 Å². The van der Waals surface area contributed by atoms with Gasteiger partial charge in [0.1, 0.15) is 12.4 Å². The van der Waals surface area contributed by atoms with Gasteiger partial charge in [0.2, 0.25) is 0 Å². The predicted molar refractivity (Wildman–Crippen MR) is 70.2 cm³/mol. The topological polar surface area (TPSA) is 21.6 Å². The van der Waals surface area contributed by atoms with Gasteiger partial charge < -0.3 is 4.84 Å². The number of rotatable bonds is 4. The van der Waals surface area contributed by atoms with Crippen LogP contribution in [0.4, 0.5) is 4.39 Å². The van der Waals surface area contributed by atoms with Crippen molar-refractivity contribution in [3.8, 4) is 0 Å². The van der Waals surface area contributed by atoms with Crippen LogP contribution in [0.25, 0.3) is 0 Å². The monoisotopic (exact) mass is 263 g/mol. The molecule has 0 amide bonds. The number of nitrogens with zero attached hydrogens (tertiary/aromatic N) is 1. The second-order valence-electron chi connectivity index (χ2n) is 3.69. The Hall–Kier alpha value is -1.87. The summed E-state index contributed by atoms with van der Waals surface area (Å²) in [4.78, 5) is 5.11. The molecular weight excluding hydrogens is 253 g/mol. The molecule has 0 heterocycles. The van der Waals surface area contributed by atoms with Crippen LogP contribution in [0.5, 0.6) is 0 Å². The highest BCUT2D eigenvalue weighted by Crippen LogP contribution is 2.09. The van der Waals surface area contributed by atoms with E-state index in [0.29, 0.717) is 11.6 Å².